The topological polar surface area (TPSA) is 69.1 Å². The van der Waals surface area contributed by atoms with E-state index in [1.165, 1.54) is 16.9 Å². The number of aromatic nitrogens is 4. The lowest BCUT2D eigenvalue weighted by Crippen LogP contribution is -1.94. The van der Waals surface area contributed by atoms with Crippen molar-refractivity contribution in [2.24, 2.45) is 0 Å². The minimum atomic E-state index is 0.616. The number of hydrogen-bond donors (Lipinski definition) is 1. The molecule has 0 bridgehead atoms. The monoisotopic (exact) mass is 257 g/mol. The van der Waals surface area contributed by atoms with Gasteiger partial charge in [-0.15, -0.1) is 21.5 Å². The summed E-state index contributed by atoms with van der Waals surface area (Å²) >= 11 is 1.69. The second kappa shape index (κ2) is 3.52. The van der Waals surface area contributed by atoms with Crippen LogP contribution in [-0.4, -0.2) is 19.6 Å². The van der Waals surface area contributed by atoms with Gasteiger partial charge in [0.2, 0.25) is 0 Å². The minimum Gasteiger partial charge on any atom is -0.390 e. The van der Waals surface area contributed by atoms with Crippen LogP contribution in [0.2, 0.25) is 0 Å². The zero-order valence-electron chi connectivity index (χ0n) is 9.63. The highest BCUT2D eigenvalue weighted by Crippen LogP contribution is 2.42. The number of aryl methyl sites for hydroxylation is 1. The first-order valence-electron chi connectivity index (χ1n) is 5.91. The Morgan fingerprint density at radius 2 is 2.22 bits per heavy atom. The maximum atomic E-state index is 6.15. The third-order valence-corrected chi connectivity index (χ3v) is 4.48. The van der Waals surface area contributed by atoms with Crippen LogP contribution in [0.25, 0.3) is 17.2 Å². The van der Waals surface area contributed by atoms with Gasteiger partial charge >= 0.3 is 0 Å². The van der Waals surface area contributed by atoms with Crippen molar-refractivity contribution in [1.29, 1.82) is 0 Å². The lowest BCUT2D eigenvalue weighted by molar-refractivity contribution is 0.914. The maximum Gasteiger partial charge on any atom is 0.255 e. The van der Waals surface area contributed by atoms with Crippen LogP contribution in [-0.2, 0) is 12.8 Å². The van der Waals surface area contributed by atoms with Gasteiger partial charge in [0, 0.05) is 17.3 Å². The summed E-state index contributed by atoms with van der Waals surface area (Å²) in [6.45, 7) is 0. The average Bonchev–Trinajstić information content (AvgIpc) is 3.03. The van der Waals surface area contributed by atoms with E-state index in [-0.39, 0.29) is 0 Å². The van der Waals surface area contributed by atoms with Crippen LogP contribution in [0, 0.1) is 0 Å². The summed E-state index contributed by atoms with van der Waals surface area (Å²) in [5, 5.41) is 9.19. The van der Waals surface area contributed by atoms with E-state index in [1.807, 2.05) is 16.7 Å². The molecule has 2 N–H and O–H groups in total. The molecule has 4 rings (SSSR count). The van der Waals surface area contributed by atoms with Crippen molar-refractivity contribution in [3.8, 4) is 11.4 Å². The summed E-state index contributed by atoms with van der Waals surface area (Å²) in [5.41, 5.74) is 8.57. The second-order valence-corrected chi connectivity index (χ2v) is 5.55. The second-order valence-electron chi connectivity index (χ2n) is 4.41. The number of hydrogen-bond acceptors (Lipinski definition) is 5. The number of nitrogen functional groups attached to an aromatic ring is 1. The molecule has 0 radical (unpaired) electrons. The highest BCUT2D eigenvalue weighted by molar-refractivity contribution is 7.16. The molecular weight excluding hydrogens is 246 g/mol. The Morgan fingerprint density at radius 3 is 3.17 bits per heavy atom. The van der Waals surface area contributed by atoms with E-state index >= 15 is 0 Å². The zero-order chi connectivity index (χ0) is 12.1. The van der Waals surface area contributed by atoms with Gasteiger partial charge in [0.15, 0.2) is 5.82 Å². The molecule has 0 saturated carbocycles. The molecule has 0 fully saturated rings. The third-order valence-electron chi connectivity index (χ3n) is 3.36. The predicted octanol–water partition coefficient (Wildman–Crippen LogP) is 1.92. The van der Waals surface area contributed by atoms with Crippen LogP contribution in [0.1, 0.15) is 16.9 Å². The Kier molecular flexibility index (Phi) is 1.96. The molecule has 18 heavy (non-hydrogen) atoms. The fraction of sp³-hybridized carbons (Fsp3) is 0.250. The molecule has 6 heteroatoms. The molecule has 0 spiro atoms. The largest absolute Gasteiger partial charge is 0.390 e. The van der Waals surface area contributed by atoms with Gasteiger partial charge in [-0.05, 0) is 30.9 Å². The Bertz CT molecular complexity index is 742. The van der Waals surface area contributed by atoms with E-state index in [4.69, 9.17) is 5.73 Å². The SMILES string of the molecule is Nc1sc2c(c1-c1nnc3ncccn13)CCC2. The Hall–Kier alpha value is -1.95. The van der Waals surface area contributed by atoms with Crippen molar-refractivity contribution in [2.75, 3.05) is 5.73 Å². The molecule has 0 saturated heterocycles. The molecule has 1 aliphatic rings. The average molecular weight is 257 g/mol. The van der Waals surface area contributed by atoms with Crippen LogP contribution in [0.15, 0.2) is 18.5 Å². The Labute approximate surface area is 107 Å². The zero-order valence-corrected chi connectivity index (χ0v) is 10.4. The van der Waals surface area contributed by atoms with Crippen molar-refractivity contribution in [2.45, 2.75) is 19.3 Å². The molecule has 3 heterocycles. The van der Waals surface area contributed by atoms with Crippen LogP contribution in [0.5, 0.6) is 0 Å². The Morgan fingerprint density at radius 1 is 1.28 bits per heavy atom. The van der Waals surface area contributed by atoms with Crippen LogP contribution in [0.4, 0.5) is 5.00 Å². The summed E-state index contributed by atoms with van der Waals surface area (Å²) in [4.78, 5) is 5.59. The van der Waals surface area contributed by atoms with E-state index in [2.05, 4.69) is 15.2 Å². The molecule has 90 valence electrons. The lowest BCUT2D eigenvalue weighted by Gasteiger charge is -2.01. The van der Waals surface area contributed by atoms with E-state index in [9.17, 15) is 0 Å². The minimum absolute atomic E-state index is 0.616. The molecule has 0 amide bonds. The van der Waals surface area contributed by atoms with Crippen LogP contribution < -0.4 is 5.73 Å². The predicted molar refractivity (Wildman–Crippen MR) is 70.5 cm³/mol. The summed E-state index contributed by atoms with van der Waals surface area (Å²) in [6.07, 6.45) is 7.08. The van der Waals surface area contributed by atoms with Gasteiger partial charge in [-0.2, -0.15) is 0 Å². The summed E-state index contributed by atoms with van der Waals surface area (Å²) in [6, 6.07) is 1.88. The van der Waals surface area contributed by atoms with Gasteiger partial charge in [0.25, 0.3) is 5.78 Å². The molecular formula is C12H11N5S. The number of nitrogens with zero attached hydrogens (tertiary/aromatic N) is 4. The highest BCUT2D eigenvalue weighted by Gasteiger charge is 2.24. The highest BCUT2D eigenvalue weighted by atomic mass is 32.1. The first-order chi connectivity index (χ1) is 8.84. The smallest absolute Gasteiger partial charge is 0.255 e. The molecule has 3 aromatic rings. The summed E-state index contributed by atoms with van der Waals surface area (Å²) < 4.78 is 1.90. The van der Waals surface area contributed by atoms with Gasteiger partial charge in [-0.3, -0.25) is 4.40 Å². The quantitative estimate of drug-likeness (QED) is 0.723. The normalized spacial score (nSPS) is 14.2. The molecule has 3 aromatic heterocycles. The molecule has 0 aromatic carbocycles. The van der Waals surface area contributed by atoms with Crippen LogP contribution >= 0.6 is 11.3 Å². The maximum absolute atomic E-state index is 6.15. The first-order valence-corrected chi connectivity index (χ1v) is 6.72. The summed E-state index contributed by atoms with van der Waals surface area (Å²) in [7, 11) is 0. The van der Waals surface area contributed by atoms with E-state index in [0.29, 0.717) is 5.78 Å². The number of nitrogens with two attached hydrogens (primary N) is 1. The van der Waals surface area contributed by atoms with Crippen molar-refractivity contribution in [3.63, 3.8) is 0 Å². The number of fused-ring (bicyclic) bond motifs is 2. The van der Waals surface area contributed by atoms with Crippen LogP contribution in [0.3, 0.4) is 0 Å². The number of thiophene rings is 1. The van der Waals surface area contributed by atoms with Gasteiger partial charge < -0.3 is 5.73 Å². The fourth-order valence-electron chi connectivity index (χ4n) is 2.58. The van der Waals surface area contributed by atoms with Gasteiger partial charge in [-0.25, -0.2) is 4.98 Å². The van der Waals surface area contributed by atoms with Crippen molar-refractivity contribution < 1.29 is 0 Å². The molecule has 1 aliphatic carbocycles. The van der Waals surface area contributed by atoms with Gasteiger partial charge in [0.1, 0.15) is 0 Å². The van der Waals surface area contributed by atoms with Gasteiger partial charge in [-0.1, -0.05) is 0 Å². The van der Waals surface area contributed by atoms with Crippen molar-refractivity contribution >= 4 is 22.1 Å². The lowest BCUT2D eigenvalue weighted by atomic mass is 10.1. The number of rotatable bonds is 1. The van der Waals surface area contributed by atoms with Crippen molar-refractivity contribution in [3.05, 3.63) is 28.9 Å². The Balaban J connectivity index is 2.03. The summed E-state index contributed by atoms with van der Waals surface area (Å²) in [5.74, 6) is 1.43. The number of anilines is 1. The molecule has 0 aliphatic heterocycles. The van der Waals surface area contributed by atoms with E-state index in [1.54, 1.807) is 17.5 Å². The standard InChI is InChI=1S/C12H11N5S/c13-10-9(7-3-1-4-8(7)18-10)11-15-16-12-14-5-2-6-17(11)12/h2,5-6H,1,3-4,13H2. The molecule has 0 atom stereocenters. The van der Waals surface area contributed by atoms with Crippen molar-refractivity contribution in [1.82, 2.24) is 19.6 Å². The third kappa shape index (κ3) is 1.23. The van der Waals surface area contributed by atoms with E-state index < -0.39 is 0 Å². The molecule has 0 unspecified atom stereocenters. The van der Waals surface area contributed by atoms with Gasteiger partial charge in [0.05, 0.1) is 10.6 Å². The fourth-order valence-corrected chi connectivity index (χ4v) is 3.74. The first kappa shape index (κ1) is 10.0. The molecule has 5 nitrogen and oxygen atoms in total. The van der Waals surface area contributed by atoms with E-state index in [0.717, 1.165) is 29.2 Å².